The molecule has 0 radical (unpaired) electrons. The highest BCUT2D eigenvalue weighted by Gasteiger charge is 2.43. The number of hydrogen-bond acceptors (Lipinski definition) is 5. The first-order valence-corrected chi connectivity index (χ1v) is 10.6. The first kappa shape index (κ1) is 22.4. The second-order valence-electron chi connectivity index (χ2n) is 7.80. The molecule has 2 atom stereocenters. The van der Waals surface area contributed by atoms with Crippen LogP contribution >= 0.6 is 0 Å². The number of piperazine rings is 1. The van der Waals surface area contributed by atoms with Crippen LogP contribution in [0.4, 0.5) is 0 Å². The lowest BCUT2D eigenvalue weighted by Gasteiger charge is -2.39. The number of carbonyl (C=O) groups excluding carboxylic acids is 2. The minimum absolute atomic E-state index is 0.0501. The maximum Gasteiger partial charge on any atom is 0.243 e. The third kappa shape index (κ3) is 7.63. The Morgan fingerprint density at radius 3 is 2.46 bits per heavy atom. The third-order valence-electron chi connectivity index (χ3n) is 5.37. The van der Waals surface area contributed by atoms with E-state index in [0.717, 1.165) is 51.5 Å². The summed E-state index contributed by atoms with van der Waals surface area (Å²) in [4.78, 5) is 27.3. The summed E-state index contributed by atoms with van der Waals surface area (Å²) in [5.74, 6) is -0.190. The molecule has 2 aliphatic rings. The van der Waals surface area contributed by atoms with Crippen LogP contribution in [0, 0.1) is 5.41 Å². The molecule has 2 fully saturated rings. The fourth-order valence-electron chi connectivity index (χ4n) is 3.69. The van der Waals surface area contributed by atoms with Crippen LogP contribution in [0.15, 0.2) is 0 Å². The van der Waals surface area contributed by atoms with Crippen molar-refractivity contribution in [2.24, 2.45) is 5.73 Å². The molecule has 1 aliphatic carbocycles. The predicted octanol–water partition coefficient (Wildman–Crippen LogP) is -0.523. The highest BCUT2D eigenvalue weighted by Crippen LogP contribution is 2.31. The molecule has 0 spiro atoms. The van der Waals surface area contributed by atoms with Crippen LogP contribution < -0.4 is 27.0 Å². The van der Waals surface area contributed by atoms with Gasteiger partial charge in [-0.15, -0.1) is 0 Å². The van der Waals surface area contributed by atoms with Crippen LogP contribution in [0.5, 0.6) is 0 Å². The van der Waals surface area contributed by atoms with E-state index in [1.807, 2.05) is 7.05 Å². The van der Waals surface area contributed by atoms with Crippen LogP contribution in [0.3, 0.4) is 0 Å². The summed E-state index contributed by atoms with van der Waals surface area (Å²) in [5.41, 5.74) is 5.29. The lowest BCUT2D eigenvalue weighted by atomic mass is 10.0. The molecule has 9 heteroatoms. The van der Waals surface area contributed by atoms with E-state index in [4.69, 9.17) is 11.1 Å². The Morgan fingerprint density at radius 1 is 1.14 bits per heavy atom. The predicted molar refractivity (Wildman–Crippen MR) is 110 cm³/mol. The molecule has 1 saturated carbocycles. The molecule has 0 aromatic carbocycles. The molecule has 1 aliphatic heterocycles. The summed E-state index contributed by atoms with van der Waals surface area (Å²) in [6.45, 7) is 2.85. The zero-order chi connectivity index (χ0) is 20.4. The van der Waals surface area contributed by atoms with Gasteiger partial charge in [0.1, 0.15) is 6.04 Å². The number of unbranched alkanes of at least 4 members (excludes halogenated alkanes) is 3. The topological polar surface area (TPSA) is 135 Å². The van der Waals surface area contributed by atoms with E-state index in [-0.39, 0.29) is 23.8 Å². The van der Waals surface area contributed by atoms with Crippen molar-refractivity contribution in [2.45, 2.75) is 69.5 Å². The number of rotatable bonds is 13. The molecular formula is C19H37N7O2. The Balaban J connectivity index is 1.73. The Bertz CT molecular complexity index is 524. The molecule has 9 nitrogen and oxygen atoms in total. The standard InChI is InChI=1S/C19H37N7O2/c1-22-10-4-2-3-5-11-23-17(27)15-13-26(14-8-9-14)16(18(28)25-15)7-6-12-24-19(20)21/h14-16,22H,2-13H2,1H3,(H,23,27)(H,25,28)(H4,20,21,24)/t15-,16+/m1/s1. The molecule has 2 rings (SSSR count). The number of hydrogen-bond donors (Lipinski definition) is 6. The van der Waals surface area contributed by atoms with Gasteiger partial charge in [-0.1, -0.05) is 12.8 Å². The van der Waals surface area contributed by atoms with Crippen LogP contribution in [0.25, 0.3) is 0 Å². The van der Waals surface area contributed by atoms with Crippen LogP contribution in [0.2, 0.25) is 0 Å². The second-order valence-corrected chi connectivity index (χ2v) is 7.80. The van der Waals surface area contributed by atoms with Crippen LogP contribution in [0.1, 0.15) is 51.4 Å². The maximum atomic E-state index is 12.6. The van der Waals surface area contributed by atoms with Gasteiger partial charge in [-0.3, -0.25) is 19.9 Å². The van der Waals surface area contributed by atoms with Gasteiger partial charge in [0.15, 0.2) is 5.96 Å². The summed E-state index contributed by atoms with van der Waals surface area (Å²) in [6, 6.07) is -0.249. The zero-order valence-electron chi connectivity index (χ0n) is 17.1. The summed E-state index contributed by atoms with van der Waals surface area (Å²) >= 11 is 0. The van der Waals surface area contributed by atoms with E-state index in [1.54, 1.807) is 0 Å². The summed E-state index contributed by atoms with van der Waals surface area (Å²) in [5, 5.41) is 19.0. The van der Waals surface area contributed by atoms with Crippen molar-refractivity contribution >= 4 is 17.8 Å². The quantitative estimate of drug-likeness (QED) is 0.141. The summed E-state index contributed by atoms with van der Waals surface area (Å²) in [7, 11) is 1.96. The Kier molecular flexibility index (Phi) is 9.49. The van der Waals surface area contributed by atoms with E-state index in [9.17, 15) is 9.59 Å². The van der Waals surface area contributed by atoms with E-state index in [2.05, 4.69) is 26.2 Å². The number of guanidine groups is 1. The molecule has 160 valence electrons. The SMILES string of the molecule is CNCCCCCCNC(=O)[C@H]1CN(C2CC2)[C@@H](CCCNC(=N)N)C(=O)N1. The average Bonchev–Trinajstić information content (AvgIpc) is 3.49. The Hall–Kier alpha value is -1.87. The average molecular weight is 396 g/mol. The van der Waals surface area contributed by atoms with E-state index in [1.165, 1.54) is 0 Å². The maximum absolute atomic E-state index is 12.6. The van der Waals surface area contributed by atoms with Crippen molar-refractivity contribution in [3.05, 3.63) is 0 Å². The number of carbonyl (C=O) groups is 2. The first-order valence-electron chi connectivity index (χ1n) is 10.6. The number of amides is 2. The fraction of sp³-hybridized carbons (Fsp3) is 0.842. The van der Waals surface area contributed by atoms with Crippen LogP contribution in [-0.2, 0) is 9.59 Å². The second kappa shape index (κ2) is 11.9. The summed E-state index contributed by atoms with van der Waals surface area (Å²) < 4.78 is 0. The van der Waals surface area contributed by atoms with Gasteiger partial charge in [0, 0.05) is 25.7 Å². The van der Waals surface area contributed by atoms with Gasteiger partial charge < -0.3 is 27.0 Å². The number of nitrogens with zero attached hydrogens (tertiary/aromatic N) is 1. The van der Waals surface area contributed by atoms with Gasteiger partial charge in [-0.05, 0) is 52.1 Å². The van der Waals surface area contributed by atoms with Gasteiger partial charge in [0.25, 0.3) is 0 Å². The van der Waals surface area contributed by atoms with Gasteiger partial charge in [-0.25, -0.2) is 0 Å². The van der Waals surface area contributed by atoms with E-state index in [0.29, 0.717) is 32.1 Å². The molecule has 28 heavy (non-hydrogen) atoms. The van der Waals surface area contributed by atoms with Crippen molar-refractivity contribution in [1.29, 1.82) is 5.41 Å². The molecule has 0 bridgehead atoms. The monoisotopic (exact) mass is 395 g/mol. The minimum Gasteiger partial charge on any atom is -0.370 e. The number of nitrogens with one attached hydrogen (secondary N) is 5. The molecule has 0 aromatic heterocycles. The van der Waals surface area contributed by atoms with Crippen LogP contribution in [-0.4, -0.2) is 74.0 Å². The van der Waals surface area contributed by atoms with E-state index >= 15 is 0 Å². The molecule has 1 heterocycles. The van der Waals surface area contributed by atoms with Gasteiger partial charge in [0.2, 0.25) is 11.8 Å². The number of nitrogens with two attached hydrogens (primary N) is 1. The van der Waals surface area contributed by atoms with Gasteiger partial charge in [-0.2, -0.15) is 0 Å². The lowest BCUT2D eigenvalue weighted by molar-refractivity contribution is -0.137. The zero-order valence-corrected chi connectivity index (χ0v) is 17.1. The highest BCUT2D eigenvalue weighted by molar-refractivity contribution is 5.91. The molecule has 2 amide bonds. The van der Waals surface area contributed by atoms with Crippen molar-refractivity contribution in [2.75, 3.05) is 33.2 Å². The van der Waals surface area contributed by atoms with Crippen molar-refractivity contribution in [1.82, 2.24) is 26.2 Å². The smallest absolute Gasteiger partial charge is 0.243 e. The molecule has 7 N–H and O–H groups in total. The first-order chi connectivity index (χ1) is 13.5. The summed E-state index contributed by atoms with van der Waals surface area (Å²) in [6.07, 6.45) is 8.02. The molecule has 1 saturated heterocycles. The molecule has 0 aromatic rings. The van der Waals surface area contributed by atoms with E-state index < -0.39 is 6.04 Å². The van der Waals surface area contributed by atoms with Crippen molar-refractivity contribution < 1.29 is 9.59 Å². The fourth-order valence-corrected chi connectivity index (χ4v) is 3.69. The van der Waals surface area contributed by atoms with Crippen molar-refractivity contribution in [3.8, 4) is 0 Å². The molecule has 0 unspecified atom stereocenters. The van der Waals surface area contributed by atoms with Crippen molar-refractivity contribution in [3.63, 3.8) is 0 Å². The minimum atomic E-state index is -0.469. The normalized spacial score (nSPS) is 22.5. The Morgan fingerprint density at radius 2 is 1.82 bits per heavy atom. The third-order valence-corrected chi connectivity index (χ3v) is 5.37. The largest absolute Gasteiger partial charge is 0.370 e. The van der Waals surface area contributed by atoms with Gasteiger partial charge >= 0.3 is 0 Å². The van der Waals surface area contributed by atoms with Gasteiger partial charge in [0.05, 0.1) is 6.04 Å². The molecular weight excluding hydrogens is 358 g/mol. The lowest BCUT2D eigenvalue weighted by Crippen LogP contribution is -2.64. The Labute approximate surface area is 168 Å². The highest BCUT2D eigenvalue weighted by atomic mass is 16.2.